The van der Waals surface area contributed by atoms with Crippen molar-refractivity contribution in [1.29, 1.82) is 0 Å². The molecule has 0 spiro atoms. The summed E-state index contributed by atoms with van der Waals surface area (Å²) in [4.78, 5) is 34.3. The molecule has 2 aliphatic heterocycles. The molecule has 40 heavy (non-hydrogen) atoms. The summed E-state index contributed by atoms with van der Waals surface area (Å²) in [6.07, 6.45) is 0. The van der Waals surface area contributed by atoms with E-state index >= 15 is 0 Å². The molecular weight excluding hydrogens is 542 g/mol. The first-order valence-electron chi connectivity index (χ1n) is 13.2. The van der Waals surface area contributed by atoms with Crippen LogP contribution in [0.25, 0.3) is 0 Å². The van der Waals surface area contributed by atoms with E-state index in [0.717, 1.165) is 25.2 Å². The number of carbonyl (C=O) groups excluding carboxylic acids is 2. The average Bonchev–Trinajstić information content (AvgIpc) is 3.07. The van der Waals surface area contributed by atoms with Gasteiger partial charge in [0.15, 0.2) is 0 Å². The molecule has 1 saturated heterocycles. The highest BCUT2D eigenvalue weighted by molar-refractivity contribution is 7.85. The van der Waals surface area contributed by atoms with Gasteiger partial charge in [-0.25, -0.2) is 4.21 Å². The maximum absolute atomic E-state index is 13.9. The van der Waals surface area contributed by atoms with Gasteiger partial charge in [0, 0.05) is 43.3 Å². The van der Waals surface area contributed by atoms with E-state index in [1.54, 1.807) is 53.4 Å². The molecular formula is C32H28ClN3O3S. The second-order valence-corrected chi connectivity index (χ2v) is 11.9. The Balaban J connectivity index is 1.29. The lowest BCUT2D eigenvalue weighted by atomic mass is 10.1. The summed E-state index contributed by atoms with van der Waals surface area (Å²) in [6, 6.07) is 29.8. The summed E-state index contributed by atoms with van der Waals surface area (Å²) in [5.41, 5.74) is 3.44. The zero-order chi connectivity index (χ0) is 27.6. The summed E-state index contributed by atoms with van der Waals surface area (Å²) < 4.78 is 13.7. The number of piperazine rings is 1. The summed E-state index contributed by atoms with van der Waals surface area (Å²) in [7, 11) is -1.58. The highest BCUT2D eigenvalue weighted by Crippen LogP contribution is 2.36. The van der Waals surface area contributed by atoms with Crippen LogP contribution in [-0.2, 0) is 23.9 Å². The molecule has 0 radical (unpaired) electrons. The van der Waals surface area contributed by atoms with E-state index in [1.807, 2.05) is 41.3 Å². The van der Waals surface area contributed by atoms with Gasteiger partial charge in [0.2, 0.25) is 0 Å². The Labute approximate surface area is 241 Å². The smallest absolute Gasteiger partial charge is 0.259 e. The van der Waals surface area contributed by atoms with Gasteiger partial charge in [0.25, 0.3) is 11.8 Å². The highest BCUT2D eigenvalue weighted by Gasteiger charge is 2.32. The van der Waals surface area contributed by atoms with Crippen molar-refractivity contribution in [2.24, 2.45) is 0 Å². The van der Waals surface area contributed by atoms with Crippen LogP contribution in [0.5, 0.6) is 0 Å². The minimum atomic E-state index is -1.58. The number of fused-ring (bicyclic) bond motifs is 2. The van der Waals surface area contributed by atoms with E-state index in [0.29, 0.717) is 44.7 Å². The number of carbonyl (C=O) groups is 2. The first-order valence-corrected chi connectivity index (χ1v) is 14.8. The fourth-order valence-electron chi connectivity index (χ4n) is 5.30. The molecule has 0 saturated carbocycles. The van der Waals surface area contributed by atoms with Gasteiger partial charge in [-0.2, -0.15) is 0 Å². The molecule has 2 amide bonds. The number of hydrogen-bond acceptors (Lipinski definition) is 4. The van der Waals surface area contributed by atoms with Crippen LogP contribution < -0.4 is 4.90 Å². The van der Waals surface area contributed by atoms with E-state index in [4.69, 9.17) is 11.6 Å². The molecule has 4 aromatic rings. The van der Waals surface area contributed by atoms with Gasteiger partial charge in [-0.05, 0) is 53.6 Å². The maximum Gasteiger partial charge on any atom is 0.259 e. The normalized spacial score (nSPS) is 17.2. The highest BCUT2D eigenvalue weighted by atomic mass is 35.5. The van der Waals surface area contributed by atoms with E-state index in [-0.39, 0.29) is 18.4 Å². The number of rotatable bonds is 5. The Morgan fingerprint density at radius 2 is 1.48 bits per heavy atom. The van der Waals surface area contributed by atoms with Crippen molar-refractivity contribution in [3.8, 4) is 0 Å². The molecule has 8 heteroatoms. The lowest BCUT2D eigenvalue weighted by Crippen LogP contribution is -2.48. The monoisotopic (exact) mass is 569 g/mol. The lowest BCUT2D eigenvalue weighted by molar-refractivity contribution is 0.0628. The quantitative estimate of drug-likeness (QED) is 0.313. The summed E-state index contributed by atoms with van der Waals surface area (Å²) in [5, 5.41) is 0.569. The van der Waals surface area contributed by atoms with E-state index in [1.165, 1.54) is 5.56 Å². The molecule has 6 rings (SSSR count). The first-order chi connectivity index (χ1) is 19.5. The molecule has 4 aromatic carbocycles. The van der Waals surface area contributed by atoms with Gasteiger partial charge >= 0.3 is 0 Å². The topological polar surface area (TPSA) is 60.9 Å². The van der Waals surface area contributed by atoms with Gasteiger partial charge in [0.1, 0.15) is 0 Å². The molecule has 2 heterocycles. The molecule has 2 aliphatic rings. The Bertz CT molecular complexity index is 1600. The van der Waals surface area contributed by atoms with Gasteiger partial charge in [-0.15, -0.1) is 0 Å². The summed E-state index contributed by atoms with van der Waals surface area (Å²) in [6.45, 7) is 3.88. The van der Waals surface area contributed by atoms with Gasteiger partial charge < -0.3 is 9.80 Å². The fraction of sp³-hybridized carbons (Fsp3) is 0.188. The van der Waals surface area contributed by atoms with Gasteiger partial charge in [-0.1, -0.05) is 66.2 Å². The largest absolute Gasteiger partial charge is 0.336 e. The molecule has 0 bridgehead atoms. The Morgan fingerprint density at radius 3 is 2.25 bits per heavy atom. The van der Waals surface area contributed by atoms with Crippen LogP contribution in [0.2, 0.25) is 5.02 Å². The number of nitrogens with zero attached hydrogens (tertiary/aromatic N) is 3. The van der Waals surface area contributed by atoms with Crippen molar-refractivity contribution < 1.29 is 13.8 Å². The van der Waals surface area contributed by atoms with Gasteiger partial charge in [-0.3, -0.25) is 14.5 Å². The number of amides is 2. The van der Waals surface area contributed by atoms with Crippen LogP contribution in [0.4, 0.5) is 5.69 Å². The van der Waals surface area contributed by atoms with Crippen molar-refractivity contribution in [2.75, 3.05) is 31.1 Å². The SMILES string of the molecule is O=C(c1ccc2c(c1)N(Cc1cccc(Cl)c1)C(=O)c1ccccc1[S@]2=O)N1CCN(Cc2ccccc2)CC1. The minimum absolute atomic E-state index is 0.0927. The second-order valence-electron chi connectivity index (χ2n) is 10.0. The van der Waals surface area contributed by atoms with Crippen LogP contribution in [0, 0.1) is 0 Å². The molecule has 0 aromatic heterocycles. The molecule has 1 atom stereocenters. The van der Waals surface area contributed by atoms with Gasteiger partial charge in [0.05, 0.1) is 38.4 Å². The molecule has 0 unspecified atom stereocenters. The fourth-order valence-corrected chi connectivity index (χ4v) is 6.86. The third kappa shape index (κ3) is 5.32. The number of halogens is 1. The number of hydrogen-bond donors (Lipinski definition) is 0. The van der Waals surface area contributed by atoms with E-state index in [9.17, 15) is 13.8 Å². The Kier molecular flexibility index (Phi) is 7.52. The first kappa shape index (κ1) is 26.4. The summed E-state index contributed by atoms with van der Waals surface area (Å²) in [5.74, 6) is -0.355. The predicted octanol–water partition coefficient (Wildman–Crippen LogP) is 5.63. The molecule has 202 valence electrons. The second kappa shape index (κ2) is 11.4. The van der Waals surface area contributed by atoms with Crippen molar-refractivity contribution in [2.45, 2.75) is 22.9 Å². The van der Waals surface area contributed by atoms with Crippen molar-refractivity contribution in [3.05, 3.63) is 124 Å². The van der Waals surface area contributed by atoms with Crippen LogP contribution in [-0.4, -0.2) is 52.0 Å². The molecule has 1 fully saturated rings. The third-order valence-corrected chi connectivity index (χ3v) is 9.13. The molecule has 0 aliphatic carbocycles. The zero-order valence-corrected chi connectivity index (χ0v) is 23.4. The van der Waals surface area contributed by atoms with Crippen LogP contribution in [0.15, 0.2) is 107 Å². The van der Waals surface area contributed by atoms with Crippen LogP contribution in [0.1, 0.15) is 31.8 Å². The zero-order valence-electron chi connectivity index (χ0n) is 21.8. The van der Waals surface area contributed by atoms with Crippen molar-refractivity contribution in [3.63, 3.8) is 0 Å². The van der Waals surface area contributed by atoms with Crippen molar-refractivity contribution in [1.82, 2.24) is 9.80 Å². The predicted molar refractivity (Wildman–Crippen MR) is 157 cm³/mol. The average molecular weight is 570 g/mol. The minimum Gasteiger partial charge on any atom is -0.336 e. The third-order valence-electron chi connectivity index (χ3n) is 7.40. The Hall–Kier alpha value is -3.78. The standard InChI is InChI=1S/C32H28ClN3O3S/c33-26-10-6-9-24(19-26)22-36-28-20-25(13-14-30(28)40(39)29-12-5-4-11-27(29)32(36)38)31(37)35-17-15-34(16-18-35)21-23-7-2-1-3-8-23/h1-14,19-20H,15-18,21-22H2/t40-/m1/s1. The number of benzene rings is 4. The number of anilines is 1. The Morgan fingerprint density at radius 1 is 0.750 bits per heavy atom. The summed E-state index contributed by atoms with van der Waals surface area (Å²) >= 11 is 6.24. The lowest BCUT2D eigenvalue weighted by Gasteiger charge is -2.35. The van der Waals surface area contributed by atoms with Crippen LogP contribution >= 0.6 is 11.6 Å². The van der Waals surface area contributed by atoms with Crippen molar-refractivity contribution >= 4 is 39.9 Å². The van der Waals surface area contributed by atoms with Crippen LogP contribution in [0.3, 0.4) is 0 Å². The maximum atomic E-state index is 13.9. The molecule has 6 nitrogen and oxygen atoms in total. The van der Waals surface area contributed by atoms with E-state index < -0.39 is 10.8 Å². The van der Waals surface area contributed by atoms with E-state index in [2.05, 4.69) is 17.0 Å². The molecule has 0 N–H and O–H groups in total.